The van der Waals surface area contributed by atoms with Crippen molar-refractivity contribution in [2.75, 3.05) is 6.61 Å². The van der Waals surface area contributed by atoms with E-state index in [0.717, 1.165) is 0 Å². The van der Waals surface area contributed by atoms with Gasteiger partial charge in [-0.1, -0.05) is 36.9 Å². The van der Waals surface area contributed by atoms with E-state index < -0.39 is 11.9 Å². The van der Waals surface area contributed by atoms with Gasteiger partial charge in [-0.15, -0.1) is 0 Å². The third kappa shape index (κ3) is 5.27. The lowest BCUT2D eigenvalue weighted by molar-refractivity contribution is -0.683. The largest absolute Gasteiger partial charge is 0.461 e. The second-order valence-electron chi connectivity index (χ2n) is 5.33. The molecule has 0 aliphatic heterocycles. The number of carbonyl (C=O) groups excluding carboxylic acids is 3. The maximum absolute atomic E-state index is 12.2. The van der Waals surface area contributed by atoms with Crippen molar-refractivity contribution < 1.29 is 23.7 Å². The highest BCUT2D eigenvalue weighted by atomic mass is 16.5. The number of ether oxygens (including phenoxy) is 1. The summed E-state index contributed by atoms with van der Waals surface area (Å²) < 4.78 is 6.42. The van der Waals surface area contributed by atoms with Crippen molar-refractivity contribution in [3.63, 3.8) is 0 Å². The molecule has 7 heteroatoms. The number of carbonyl (C=O) groups is 3. The number of Topliss-reactive ketones (excluding diaryl/α,β-unsaturated/α-hetero) is 1. The standard InChI is InChI=1S/C19H19N3O4/c1-3-26-19(25)14(2)20-21-18(24)16-9-11-22(12-10-16)13-17(23)15-7-5-4-6-8-15/h4-12,24H,2-3,13H2,1H3/p+1. The van der Waals surface area contributed by atoms with E-state index in [2.05, 4.69) is 17.4 Å². The first-order valence-electron chi connectivity index (χ1n) is 8.01. The number of esters is 1. The summed E-state index contributed by atoms with van der Waals surface area (Å²) in [4.78, 5) is 35.6. The van der Waals surface area contributed by atoms with Gasteiger partial charge in [0.05, 0.1) is 12.2 Å². The number of amides is 1. The van der Waals surface area contributed by atoms with Crippen molar-refractivity contribution in [3.8, 4) is 0 Å². The van der Waals surface area contributed by atoms with Crippen molar-refractivity contribution in [1.29, 1.82) is 0 Å². The Bertz CT molecular complexity index is 801. The Morgan fingerprint density at radius 3 is 2.27 bits per heavy atom. The van der Waals surface area contributed by atoms with Crippen LogP contribution in [0.25, 0.3) is 0 Å². The Morgan fingerprint density at radius 1 is 1.00 bits per heavy atom. The number of hydrogen-bond donors (Lipinski definition) is 2. The summed E-state index contributed by atoms with van der Waals surface area (Å²) in [6.07, 6.45) is 3.27. The molecular formula is C19H20N3O4+. The predicted octanol–water partition coefficient (Wildman–Crippen LogP) is 1.17. The van der Waals surface area contributed by atoms with Gasteiger partial charge in [-0.3, -0.25) is 20.4 Å². The minimum Gasteiger partial charge on any atom is -0.461 e. The summed E-state index contributed by atoms with van der Waals surface area (Å²) in [6.45, 7) is 5.53. The highest BCUT2D eigenvalue weighted by Crippen LogP contribution is 2.00. The number of ketones is 1. The molecule has 1 amide bonds. The van der Waals surface area contributed by atoms with E-state index >= 15 is 0 Å². The van der Waals surface area contributed by atoms with Crippen LogP contribution < -0.4 is 15.4 Å². The molecule has 2 aromatic rings. The minimum absolute atomic E-state index is 0.0276. The van der Waals surface area contributed by atoms with E-state index in [0.29, 0.717) is 11.1 Å². The molecule has 0 aliphatic carbocycles. The van der Waals surface area contributed by atoms with Gasteiger partial charge < -0.3 is 4.74 Å². The average Bonchev–Trinajstić information content (AvgIpc) is 2.67. The van der Waals surface area contributed by atoms with E-state index in [9.17, 15) is 14.4 Å². The van der Waals surface area contributed by atoms with Gasteiger partial charge in [-0.05, 0) is 6.92 Å². The smallest absolute Gasteiger partial charge is 0.355 e. The first-order chi connectivity index (χ1) is 12.5. The Hall–Kier alpha value is -3.48. The Balaban J connectivity index is 1.90. The SMILES string of the molecule is C=C(NNC(=O)c1cc[n+](CC(=O)c2ccccc2)cc1)C(=O)OCC. The number of aromatic nitrogens is 1. The van der Waals surface area contributed by atoms with Gasteiger partial charge in [0.25, 0.3) is 5.91 Å². The summed E-state index contributed by atoms with van der Waals surface area (Å²) in [7, 11) is 0. The molecule has 7 nitrogen and oxygen atoms in total. The van der Waals surface area contributed by atoms with Crippen LogP contribution in [0.15, 0.2) is 67.1 Å². The zero-order chi connectivity index (χ0) is 18.9. The number of benzene rings is 1. The number of hydrazine groups is 1. The molecule has 0 radical (unpaired) electrons. The van der Waals surface area contributed by atoms with Crippen molar-refractivity contribution in [3.05, 3.63) is 78.3 Å². The molecule has 0 atom stereocenters. The number of hydrogen-bond acceptors (Lipinski definition) is 5. The quantitative estimate of drug-likeness (QED) is 0.244. The van der Waals surface area contributed by atoms with Gasteiger partial charge in [-0.2, -0.15) is 4.57 Å². The number of rotatable bonds is 8. The van der Waals surface area contributed by atoms with Gasteiger partial charge >= 0.3 is 5.97 Å². The second-order valence-corrected chi connectivity index (χ2v) is 5.33. The Morgan fingerprint density at radius 2 is 1.65 bits per heavy atom. The first-order valence-corrected chi connectivity index (χ1v) is 8.01. The second kappa shape index (κ2) is 9.12. The molecule has 1 aromatic carbocycles. The molecule has 2 rings (SSSR count). The van der Waals surface area contributed by atoms with Crippen LogP contribution in [-0.4, -0.2) is 24.3 Å². The van der Waals surface area contributed by atoms with E-state index in [1.54, 1.807) is 48.1 Å². The van der Waals surface area contributed by atoms with Crippen LogP contribution in [0.5, 0.6) is 0 Å². The average molecular weight is 354 g/mol. The Labute approximate surface area is 151 Å². The molecule has 0 aliphatic rings. The molecule has 0 unspecified atom stereocenters. The summed E-state index contributed by atoms with van der Waals surface area (Å²) in [6, 6.07) is 12.1. The van der Waals surface area contributed by atoms with Gasteiger partial charge in [0.2, 0.25) is 12.3 Å². The van der Waals surface area contributed by atoms with Crippen molar-refractivity contribution in [1.82, 2.24) is 10.9 Å². The highest BCUT2D eigenvalue weighted by molar-refractivity contribution is 5.95. The van der Waals surface area contributed by atoms with Gasteiger partial charge in [-0.25, -0.2) is 4.79 Å². The molecule has 1 heterocycles. The van der Waals surface area contributed by atoms with Crippen LogP contribution in [0.1, 0.15) is 27.6 Å². The molecular weight excluding hydrogens is 334 g/mol. The third-order valence-electron chi connectivity index (χ3n) is 3.42. The molecule has 26 heavy (non-hydrogen) atoms. The minimum atomic E-state index is -0.641. The number of pyridine rings is 1. The first kappa shape index (κ1) is 18.9. The molecule has 134 valence electrons. The van der Waals surface area contributed by atoms with Gasteiger partial charge in [0, 0.05) is 17.7 Å². The lowest BCUT2D eigenvalue weighted by Gasteiger charge is -2.09. The van der Waals surface area contributed by atoms with Crippen molar-refractivity contribution in [2.24, 2.45) is 0 Å². The van der Waals surface area contributed by atoms with Crippen LogP contribution >= 0.6 is 0 Å². The van der Waals surface area contributed by atoms with Crippen molar-refractivity contribution in [2.45, 2.75) is 13.5 Å². The van der Waals surface area contributed by atoms with E-state index in [1.807, 2.05) is 18.2 Å². The molecule has 0 saturated heterocycles. The topological polar surface area (TPSA) is 88.4 Å². The lowest BCUT2D eigenvalue weighted by Crippen LogP contribution is -2.40. The van der Waals surface area contributed by atoms with Crippen LogP contribution in [0, 0.1) is 0 Å². The maximum atomic E-state index is 12.2. The fourth-order valence-corrected chi connectivity index (χ4v) is 2.07. The summed E-state index contributed by atoms with van der Waals surface area (Å²) in [5.41, 5.74) is 5.68. The van der Waals surface area contributed by atoms with Crippen molar-refractivity contribution >= 4 is 17.7 Å². The molecule has 0 saturated carbocycles. The maximum Gasteiger partial charge on any atom is 0.355 e. The highest BCUT2D eigenvalue weighted by Gasteiger charge is 2.14. The van der Waals surface area contributed by atoms with E-state index in [-0.39, 0.29) is 24.6 Å². The van der Waals surface area contributed by atoms with Crippen LogP contribution in [0.4, 0.5) is 0 Å². The summed E-state index contributed by atoms with van der Waals surface area (Å²) >= 11 is 0. The fraction of sp³-hybridized carbons (Fsp3) is 0.158. The molecule has 2 N–H and O–H groups in total. The number of nitrogens with one attached hydrogen (secondary N) is 2. The number of nitrogens with zero attached hydrogens (tertiary/aromatic N) is 1. The van der Waals surface area contributed by atoms with E-state index in [1.165, 1.54) is 0 Å². The zero-order valence-corrected chi connectivity index (χ0v) is 14.4. The zero-order valence-electron chi connectivity index (χ0n) is 14.4. The molecule has 0 bridgehead atoms. The Kier molecular flexibility index (Phi) is 6.61. The monoisotopic (exact) mass is 354 g/mol. The summed E-state index contributed by atoms with van der Waals surface area (Å²) in [5.74, 6) is -1.12. The molecule has 1 aromatic heterocycles. The van der Waals surface area contributed by atoms with Crippen LogP contribution in [0.2, 0.25) is 0 Å². The molecule has 0 fully saturated rings. The molecule has 0 spiro atoms. The third-order valence-corrected chi connectivity index (χ3v) is 3.42. The van der Waals surface area contributed by atoms with Crippen LogP contribution in [0.3, 0.4) is 0 Å². The summed E-state index contributed by atoms with van der Waals surface area (Å²) in [5, 5.41) is 0. The van der Waals surface area contributed by atoms with Gasteiger partial charge in [0.1, 0.15) is 5.70 Å². The van der Waals surface area contributed by atoms with E-state index in [4.69, 9.17) is 4.74 Å². The lowest BCUT2D eigenvalue weighted by atomic mass is 10.1. The normalized spacial score (nSPS) is 9.88. The predicted molar refractivity (Wildman–Crippen MR) is 93.8 cm³/mol. The van der Waals surface area contributed by atoms with Gasteiger partial charge in [0.15, 0.2) is 12.4 Å². The van der Waals surface area contributed by atoms with Crippen LogP contribution in [-0.2, 0) is 16.1 Å². The fourth-order valence-electron chi connectivity index (χ4n) is 2.07.